The molecule has 1 amide bonds. The van der Waals surface area contributed by atoms with Crippen molar-refractivity contribution in [2.45, 2.75) is 18.7 Å². The fourth-order valence-corrected chi connectivity index (χ4v) is 3.70. The van der Waals surface area contributed by atoms with Crippen molar-refractivity contribution in [3.05, 3.63) is 45.6 Å². The fourth-order valence-electron chi connectivity index (χ4n) is 1.94. The van der Waals surface area contributed by atoms with Gasteiger partial charge in [0.15, 0.2) is 9.84 Å². The van der Waals surface area contributed by atoms with Crippen LogP contribution in [-0.2, 0) is 9.84 Å². The molecule has 0 saturated heterocycles. The zero-order valence-electron chi connectivity index (χ0n) is 11.4. The van der Waals surface area contributed by atoms with Crippen LogP contribution in [-0.4, -0.2) is 20.6 Å². The number of amides is 1. The number of thiophene rings is 1. The number of para-hydroxylation sites is 1. The Kier molecular flexibility index (Phi) is 3.96. The first kappa shape index (κ1) is 14.7. The van der Waals surface area contributed by atoms with Gasteiger partial charge >= 0.3 is 0 Å². The van der Waals surface area contributed by atoms with Crippen LogP contribution in [0.15, 0.2) is 35.2 Å². The van der Waals surface area contributed by atoms with Crippen LogP contribution in [0.4, 0.5) is 5.69 Å². The van der Waals surface area contributed by atoms with Gasteiger partial charge in [-0.3, -0.25) is 4.79 Å². The van der Waals surface area contributed by atoms with Gasteiger partial charge in [0.05, 0.1) is 16.1 Å². The summed E-state index contributed by atoms with van der Waals surface area (Å²) in [6.07, 6.45) is 1.12. The van der Waals surface area contributed by atoms with E-state index in [0.717, 1.165) is 16.0 Å². The molecule has 0 aliphatic carbocycles. The van der Waals surface area contributed by atoms with E-state index in [9.17, 15) is 13.2 Å². The van der Waals surface area contributed by atoms with E-state index in [1.165, 1.54) is 17.4 Å². The summed E-state index contributed by atoms with van der Waals surface area (Å²) in [6, 6.07) is 8.19. The van der Waals surface area contributed by atoms with Crippen LogP contribution in [0, 0.1) is 13.8 Å². The van der Waals surface area contributed by atoms with E-state index in [-0.39, 0.29) is 10.8 Å². The molecule has 1 aromatic carbocycles. The minimum atomic E-state index is -3.38. The summed E-state index contributed by atoms with van der Waals surface area (Å²) in [5, 5.41) is 2.68. The van der Waals surface area contributed by atoms with E-state index in [0.29, 0.717) is 11.3 Å². The number of rotatable bonds is 3. The summed E-state index contributed by atoms with van der Waals surface area (Å²) in [5.41, 5.74) is 0.888. The number of anilines is 1. The van der Waals surface area contributed by atoms with Crippen LogP contribution in [0.3, 0.4) is 0 Å². The summed E-state index contributed by atoms with van der Waals surface area (Å²) in [7, 11) is -3.38. The largest absolute Gasteiger partial charge is 0.321 e. The highest BCUT2D eigenvalue weighted by Crippen LogP contribution is 2.24. The molecule has 106 valence electrons. The number of hydrogen-bond donors (Lipinski definition) is 1. The molecule has 0 aliphatic rings. The summed E-state index contributed by atoms with van der Waals surface area (Å²) >= 11 is 1.54. The molecule has 0 spiro atoms. The van der Waals surface area contributed by atoms with Crippen LogP contribution < -0.4 is 5.32 Å². The monoisotopic (exact) mass is 309 g/mol. The molecule has 0 fully saturated rings. The second-order valence-electron chi connectivity index (χ2n) is 4.55. The predicted octanol–water partition coefficient (Wildman–Crippen LogP) is 3.02. The minimum absolute atomic E-state index is 0.123. The summed E-state index contributed by atoms with van der Waals surface area (Å²) in [5.74, 6) is -0.289. The lowest BCUT2D eigenvalue weighted by atomic mass is 10.2. The van der Waals surface area contributed by atoms with Crippen molar-refractivity contribution in [1.82, 2.24) is 0 Å². The van der Waals surface area contributed by atoms with Gasteiger partial charge in [-0.1, -0.05) is 12.1 Å². The molecule has 1 aromatic heterocycles. The maximum absolute atomic E-state index is 12.2. The van der Waals surface area contributed by atoms with E-state index in [2.05, 4.69) is 5.32 Å². The highest BCUT2D eigenvalue weighted by atomic mass is 32.2. The van der Waals surface area contributed by atoms with Gasteiger partial charge in [-0.2, -0.15) is 0 Å². The highest BCUT2D eigenvalue weighted by molar-refractivity contribution is 7.90. The van der Waals surface area contributed by atoms with Crippen molar-refractivity contribution in [3.63, 3.8) is 0 Å². The quantitative estimate of drug-likeness (QED) is 0.948. The van der Waals surface area contributed by atoms with E-state index in [1.807, 2.05) is 13.8 Å². The molecule has 0 aliphatic heterocycles. The van der Waals surface area contributed by atoms with E-state index in [4.69, 9.17) is 0 Å². The van der Waals surface area contributed by atoms with Crippen molar-refractivity contribution in [2.24, 2.45) is 0 Å². The zero-order valence-corrected chi connectivity index (χ0v) is 13.1. The Balaban J connectivity index is 2.36. The maximum atomic E-state index is 12.2. The Morgan fingerprint density at radius 3 is 2.40 bits per heavy atom. The third kappa shape index (κ3) is 3.08. The van der Waals surface area contributed by atoms with Crippen LogP contribution in [0.5, 0.6) is 0 Å². The zero-order chi connectivity index (χ0) is 14.9. The van der Waals surface area contributed by atoms with E-state index >= 15 is 0 Å². The Morgan fingerprint density at radius 2 is 1.85 bits per heavy atom. The molecule has 0 atom stereocenters. The van der Waals surface area contributed by atoms with Crippen LogP contribution in [0.1, 0.15) is 20.1 Å². The molecule has 4 nitrogen and oxygen atoms in total. The van der Waals surface area contributed by atoms with Crippen molar-refractivity contribution in [2.75, 3.05) is 11.6 Å². The minimum Gasteiger partial charge on any atom is -0.321 e. The second kappa shape index (κ2) is 5.38. The number of benzene rings is 1. The first-order chi connectivity index (χ1) is 9.29. The predicted molar refractivity (Wildman–Crippen MR) is 81.3 cm³/mol. The third-order valence-electron chi connectivity index (χ3n) is 2.82. The molecule has 20 heavy (non-hydrogen) atoms. The SMILES string of the molecule is Cc1cc(C(=O)Nc2ccccc2S(C)(=O)=O)c(C)s1. The smallest absolute Gasteiger partial charge is 0.256 e. The lowest BCUT2D eigenvalue weighted by molar-refractivity contribution is 0.102. The molecule has 2 aromatic rings. The van der Waals surface area contributed by atoms with Crippen LogP contribution in [0.2, 0.25) is 0 Å². The molecule has 0 unspecified atom stereocenters. The normalized spacial score (nSPS) is 11.3. The molecular weight excluding hydrogens is 294 g/mol. The van der Waals surface area contributed by atoms with Gasteiger partial charge in [0, 0.05) is 16.0 Å². The van der Waals surface area contributed by atoms with Crippen LogP contribution in [0.25, 0.3) is 0 Å². The number of hydrogen-bond acceptors (Lipinski definition) is 4. The van der Waals surface area contributed by atoms with E-state index < -0.39 is 9.84 Å². The van der Waals surface area contributed by atoms with E-state index in [1.54, 1.807) is 24.3 Å². The number of aryl methyl sites for hydroxylation is 2. The maximum Gasteiger partial charge on any atom is 0.256 e. The number of sulfone groups is 1. The number of carbonyl (C=O) groups excluding carboxylic acids is 1. The highest BCUT2D eigenvalue weighted by Gasteiger charge is 2.17. The lowest BCUT2D eigenvalue weighted by Crippen LogP contribution is -2.14. The Hall–Kier alpha value is -1.66. The summed E-state index contributed by atoms with van der Waals surface area (Å²) in [4.78, 5) is 14.3. The number of carbonyl (C=O) groups is 1. The van der Waals surface area contributed by atoms with Gasteiger partial charge in [0.25, 0.3) is 5.91 Å². The molecule has 0 radical (unpaired) electrons. The second-order valence-corrected chi connectivity index (χ2v) is 7.99. The van der Waals surface area contributed by atoms with Crippen molar-refractivity contribution in [1.29, 1.82) is 0 Å². The van der Waals surface area contributed by atoms with Gasteiger partial charge in [-0.15, -0.1) is 11.3 Å². The van der Waals surface area contributed by atoms with Crippen molar-refractivity contribution < 1.29 is 13.2 Å². The summed E-state index contributed by atoms with van der Waals surface area (Å²) < 4.78 is 23.4. The molecule has 1 heterocycles. The molecule has 0 saturated carbocycles. The van der Waals surface area contributed by atoms with Gasteiger partial charge < -0.3 is 5.32 Å². The third-order valence-corrected chi connectivity index (χ3v) is 4.94. The Bertz CT molecular complexity index is 760. The first-order valence-electron chi connectivity index (χ1n) is 5.96. The topological polar surface area (TPSA) is 63.2 Å². The van der Waals surface area contributed by atoms with Crippen LogP contribution >= 0.6 is 11.3 Å². The Morgan fingerprint density at radius 1 is 1.20 bits per heavy atom. The number of nitrogens with one attached hydrogen (secondary N) is 1. The lowest BCUT2D eigenvalue weighted by Gasteiger charge is -2.09. The summed E-state index contributed by atoms with van der Waals surface area (Å²) in [6.45, 7) is 3.80. The molecule has 0 bridgehead atoms. The van der Waals surface area contributed by atoms with Gasteiger partial charge in [-0.05, 0) is 32.0 Å². The average Bonchev–Trinajstić information content (AvgIpc) is 2.68. The van der Waals surface area contributed by atoms with Gasteiger partial charge in [-0.25, -0.2) is 8.42 Å². The molecule has 1 N–H and O–H groups in total. The average molecular weight is 309 g/mol. The molecule has 2 rings (SSSR count). The fraction of sp³-hybridized carbons (Fsp3) is 0.214. The molecule has 6 heteroatoms. The van der Waals surface area contributed by atoms with Crippen molar-refractivity contribution in [3.8, 4) is 0 Å². The standard InChI is InChI=1S/C14H15NO3S2/c1-9-8-11(10(2)19-9)14(16)15-12-6-4-5-7-13(12)20(3,17)18/h4-8H,1-3H3,(H,15,16). The van der Waals surface area contributed by atoms with Crippen molar-refractivity contribution >= 4 is 32.8 Å². The van der Waals surface area contributed by atoms with Gasteiger partial charge in [0.1, 0.15) is 0 Å². The first-order valence-corrected chi connectivity index (χ1v) is 8.67. The Labute approximate surface area is 122 Å². The van der Waals surface area contributed by atoms with Gasteiger partial charge in [0.2, 0.25) is 0 Å². The molecular formula is C14H15NO3S2.